The van der Waals surface area contributed by atoms with Crippen molar-refractivity contribution in [3.63, 3.8) is 0 Å². The Morgan fingerprint density at radius 2 is 2.22 bits per heavy atom. The summed E-state index contributed by atoms with van der Waals surface area (Å²) in [5.41, 5.74) is 1.62. The normalized spacial score (nSPS) is 10.0. The van der Waals surface area contributed by atoms with E-state index in [1.165, 1.54) is 0 Å². The first-order chi connectivity index (χ1) is 8.83. The molecule has 2 rings (SSSR count). The Morgan fingerprint density at radius 3 is 2.89 bits per heavy atom. The van der Waals surface area contributed by atoms with Crippen LogP contribution in [0.1, 0.15) is 16.9 Å². The molecule has 0 fully saturated rings. The molecule has 0 aliphatic rings. The Kier molecular flexibility index (Phi) is 4.00. The SMILES string of the molecule is COc1cc(CNCc2ccco2)ccc1C#N. The lowest BCUT2D eigenvalue weighted by atomic mass is 10.1. The summed E-state index contributed by atoms with van der Waals surface area (Å²) in [6.07, 6.45) is 1.65. The molecule has 0 saturated heterocycles. The maximum atomic E-state index is 8.88. The van der Waals surface area contributed by atoms with Crippen LogP contribution >= 0.6 is 0 Å². The van der Waals surface area contributed by atoms with E-state index in [2.05, 4.69) is 11.4 Å². The van der Waals surface area contributed by atoms with Crippen molar-refractivity contribution in [2.45, 2.75) is 13.1 Å². The fourth-order valence-corrected chi connectivity index (χ4v) is 1.68. The molecule has 92 valence electrons. The number of ether oxygens (including phenoxy) is 1. The molecular weight excluding hydrogens is 228 g/mol. The van der Waals surface area contributed by atoms with Gasteiger partial charge < -0.3 is 14.5 Å². The third-order valence-corrected chi connectivity index (χ3v) is 2.59. The van der Waals surface area contributed by atoms with Crippen LogP contribution in [0.5, 0.6) is 5.75 Å². The van der Waals surface area contributed by atoms with Gasteiger partial charge in [0.25, 0.3) is 0 Å². The van der Waals surface area contributed by atoms with Crippen LogP contribution in [0.25, 0.3) is 0 Å². The van der Waals surface area contributed by atoms with Gasteiger partial charge in [-0.3, -0.25) is 0 Å². The van der Waals surface area contributed by atoms with Crippen molar-refractivity contribution in [1.82, 2.24) is 5.32 Å². The van der Waals surface area contributed by atoms with Crippen molar-refractivity contribution >= 4 is 0 Å². The minimum Gasteiger partial charge on any atom is -0.495 e. The fourth-order valence-electron chi connectivity index (χ4n) is 1.68. The quantitative estimate of drug-likeness (QED) is 0.875. The third kappa shape index (κ3) is 2.90. The highest BCUT2D eigenvalue weighted by Gasteiger charge is 2.03. The molecular formula is C14H14N2O2. The van der Waals surface area contributed by atoms with Crippen molar-refractivity contribution in [1.29, 1.82) is 5.26 Å². The number of benzene rings is 1. The molecule has 1 N–H and O–H groups in total. The van der Waals surface area contributed by atoms with Crippen molar-refractivity contribution in [3.8, 4) is 11.8 Å². The Labute approximate surface area is 106 Å². The van der Waals surface area contributed by atoms with Gasteiger partial charge in [0.2, 0.25) is 0 Å². The number of nitrogens with zero attached hydrogens (tertiary/aromatic N) is 1. The van der Waals surface area contributed by atoms with Gasteiger partial charge in [0.05, 0.1) is 25.5 Å². The predicted molar refractivity (Wildman–Crippen MR) is 67.0 cm³/mol. The summed E-state index contributed by atoms with van der Waals surface area (Å²) < 4.78 is 10.4. The van der Waals surface area contributed by atoms with Crippen LogP contribution in [0.15, 0.2) is 41.0 Å². The van der Waals surface area contributed by atoms with E-state index in [9.17, 15) is 0 Å². The Morgan fingerprint density at radius 1 is 1.33 bits per heavy atom. The minimum atomic E-state index is 0.548. The van der Waals surface area contributed by atoms with Gasteiger partial charge in [-0.25, -0.2) is 0 Å². The zero-order chi connectivity index (χ0) is 12.8. The lowest BCUT2D eigenvalue weighted by Gasteiger charge is -2.07. The van der Waals surface area contributed by atoms with E-state index >= 15 is 0 Å². The number of rotatable bonds is 5. The average Bonchev–Trinajstić information content (AvgIpc) is 2.91. The van der Waals surface area contributed by atoms with Crippen LogP contribution in [0.3, 0.4) is 0 Å². The second-order valence-corrected chi connectivity index (χ2v) is 3.83. The summed E-state index contributed by atoms with van der Waals surface area (Å²) in [5, 5.41) is 12.1. The van der Waals surface area contributed by atoms with Gasteiger partial charge in [-0.05, 0) is 29.8 Å². The van der Waals surface area contributed by atoms with Crippen LogP contribution in [0.2, 0.25) is 0 Å². The second-order valence-electron chi connectivity index (χ2n) is 3.83. The zero-order valence-electron chi connectivity index (χ0n) is 10.1. The Balaban J connectivity index is 1.95. The van der Waals surface area contributed by atoms with E-state index in [0.717, 1.165) is 11.3 Å². The molecule has 1 heterocycles. The number of nitriles is 1. The molecule has 0 radical (unpaired) electrons. The molecule has 4 nitrogen and oxygen atoms in total. The van der Waals surface area contributed by atoms with Gasteiger partial charge in [0.15, 0.2) is 0 Å². The Bertz CT molecular complexity index is 541. The maximum Gasteiger partial charge on any atom is 0.136 e. The van der Waals surface area contributed by atoms with Gasteiger partial charge in [0, 0.05) is 6.54 Å². The first-order valence-corrected chi connectivity index (χ1v) is 5.63. The predicted octanol–water partition coefficient (Wildman–Crippen LogP) is 2.45. The van der Waals surface area contributed by atoms with Crippen LogP contribution in [-0.4, -0.2) is 7.11 Å². The molecule has 0 atom stereocenters. The fraction of sp³-hybridized carbons (Fsp3) is 0.214. The van der Waals surface area contributed by atoms with Gasteiger partial charge in [-0.15, -0.1) is 0 Å². The van der Waals surface area contributed by atoms with Crippen molar-refractivity contribution < 1.29 is 9.15 Å². The molecule has 0 unspecified atom stereocenters. The monoisotopic (exact) mass is 242 g/mol. The standard InChI is InChI=1S/C14H14N2O2/c1-17-14-7-11(4-5-12(14)8-15)9-16-10-13-3-2-6-18-13/h2-7,16H,9-10H2,1H3. The highest BCUT2D eigenvalue weighted by atomic mass is 16.5. The zero-order valence-corrected chi connectivity index (χ0v) is 10.1. The van der Waals surface area contributed by atoms with Gasteiger partial charge in [-0.1, -0.05) is 6.07 Å². The van der Waals surface area contributed by atoms with E-state index < -0.39 is 0 Å². The molecule has 0 amide bonds. The molecule has 0 aliphatic heterocycles. The van der Waals surface area contributed by atoms with Crippen LogP contribution in [-0.2, 0) is 13.1 Å². The average molecular weight is 242 g/mol. The van der Waals surface area contributed by atoms with Crippen molar-refractivity contribution in [2.24, 2.45) is 0 Å². The third-order valence-electron chi connectivity index (χ3n) is 2.59. The van der Waals surface area contributed by atoms with Gasteiger partial charge in [0.1, 0.15) is 17.6 Å². The summed E-state index contributed by atoms with van der Waals surface area (Å²) >= 11 is 0. The van der Waals surface area contributed by atoms with Gasteiger partial charge in [-0.2, -0.15) is 5.26 Å². The van der Waals surface area contributed by atoms with E-state index in [0.29, 0.717) is 24.4 Å². The molecule has 0 bridgehead atoms. The van der Waals surface area contributed by atoms with Crippen LogP contribution in [0, 0.1) is 11.3 Å². The highest BCUT2D eigenvalue weighted by Crippen LogP contribution is 2.19. The van der Waals surface area contributed by atoms with E-state index in [1.54, 1.807) is 19.4 Å². The number of hydrogen-bond acceptors (Lipinski definition) is 4. The number of methoxy groups -OCH3 is 1. The summed E-state index contributed by atoms with van der Waals surface area (Å²) in [6.45, 7) is 1.37. The molecule has 1 aromatic carbocycles. The number of furan rings is 1. The Hall–Kier alpha value is -2.25. The first kappa shape index (κ1) is 12.2. The van der Waals surface area contributed by atoms with Crippen LogP contribution in [0.4, 0.5) is 0 Å². The number of nitrogens with one attached hydrogen (secondary N) is 1. The summed E-state index contributed by atoms with van der Waals surface area (Å²) in [6, 6.07) is 11.4. The summed E-state index contributed by atoms with van der Waals surface area (Å²) in [5.74, 6) is 1.51. The molecule has 0 aliphatic carbocycles. The molecule has 4 heteroatoms. The van der Waals surface area contributed by atoms with E-state index in [1.807, 2.05) is 24.3 Å². The first-order valence-electron chi connectivity index (χ1n) is 5.63. The van der Waals surface area contributed by atoms with Gasteiger partial charge >= 0.3 is 0 Å². The molecule has 0 saturated carbocycles. The topological polar surface area (TPSA) is 58.2 Å². The molecule has 18 heavy (non-hydrogen) atoms. The molecule has 1 aromatic heterocycles. The molecule has 0 spiro atoms. The smallest absolute Gasteiger partial charge is 0.136 e. The van der Waals surface area contributed by atoms with Crippen molar-refractivity contribution in [2.75, 3.05) is 7.11 Å². The molecule has 2 aromatic rings. The maximum absolute atomic E-state index is 8.88. The summed E-state index contributed by atoms with van der Waals surface area (Å²) in [4.78, 5) is 0. The number of hydrogen-bond donors (Lipinski definition) is 1. The van der Waals surface area contributed by atoms with Crippen molar-refractivity contribution in [3.05, 3.63) is 53.5 Å². The van der Waals surface area contributed by atoms with E-state index in [4.69, 9.17) is 14.4 Å². The lowest BCUT2D eigenvalue weighted by molar-refractivity contribution is 0.412. The summed E-state index contributed by atoms with van der Waals surface area (Å²) in [7, 11) is 1.57. The second kappa shape index (κ2) is 5.89. The van der Waals surface area contributed by atoms with E-state index in [-0.39, 0.29) is 0 Å². The minimum absolute atomic E-state index is 0.548. The highest BCUT2D eigenvalue weighted by molar-refractivity contribution is 5.45. The lowest BCUT2D eigenvalue weighted by Crippen LogP contribution is -2.12. The largest absolute Gasteiger partial charge is 0.495 e. The van der Waals surface area contributed by atoms with Crippen LogP contribution < -0.4 is 10.1 Å².